The van der Waals surface area contributed by atoms with Crippen LogP contribution in [0.4, 0.5) is 8.78 Å². The topological polar surface area (TPSA) is 29.5 Å². The largest absolute Gasteiger partial charge is 0.494 e. The van der Waals surface area contributed by atoms with E-state index in [9.17, 15) is 13.9 Å². The predicted octanol–water partition coefficient (Wildman–Crippen LogP) is 3.42. The second-order valence-electron chi connectivity index (χ2n) is 4.93. The van der Waals surface area contributed by atoms with Crippen LogP contribution in [-0.2, 0) is 12.0 Å². The molecule has 106 valence electrons. The molecule has 0 aromatic heterocycles. The number of hydrogen-bond donors (Lipinski definition) is 1. The van der Waals surface area contributed by atoms with E-state index in [1.165, 1.54) is 31.4 Å². The van der Waals surface area contributed by atoms with Gasteiger partial charge < -0.3 is 9.84 Å². The average Bonchev–Trinajstić information content (AvgIpc) is 2.38. The molecule has 0 aliphatic carbocycles. The Morgan fingerprint density at radius 3 is 2.50 bits per heavy atom. The van der Waals surface area contributed by atoms with Gasteiger partial charge in [0.1, 0.15) is 5.82 Å². The monoisotopic (exact) mass is 278 g/mol. The highest BCUT2D eigenvalue weighted by molar-refractivity contribution is 5.33. The molecule has 0 spiro atoms. The molecular formula is C16H16F2O2. The molecule has 0 radical (unpaired) electrons. The van der Waals surface area contributed by atoms with Crippen molar-refractivity contribution >= 4 is 0 Å². The normalized spacial score (nSPS) is 13.8. The lowest BCUT2D eigenvalue weighted by molar-refractivity contribution is 0.0571. The Labute approximate surface area is 116 Å². The molecule has 1 atom stereocenters. The summed E-state index contributed by atoms with van der Waals surface area (Å²) in [7, 11) is 1.38. The fourth-order valence-corrected chi connectivity index (χ4v) is 2.15. The number of halogens is 2. The van der Waals surface area contributed by atoms with E-state index in [2.05, 4.69) is 0 Å². The third-order valence-electron chi connectivity index (χ3n) is 3.21. The number of aliphatic hydroxyl groups is 1. The third-order valence-corrected chi connectivity index (χ3v) is 3.21. The minimum Gasteiger partial charge on any atom is -0.494 e. The Bertz CT molecular complexity index is 609. The predicted molar refractivity (Wildman–Crippen MR) is 72.6 cm³/mol. The zero-order valence-corrected chi connectivity index (χ0v) is 11.4. The standard InChI is InChI=1S/C16H16F2O2/c1-16(19,10-11-4-3-5-13(17)8-11)12-6-7-15(20-2)14(18)9-12/h3-9,19H,10H2,1-2H3. The van der Waals surface area contributed by atoms with Gasteiger partial charge in [-0.1, -0.05) is 18.2 Å². The first kappa shape index (κ1) is 14.5. The first-order valence-corrected chi connectivity index (χ1v) is 6.23. The maximum absolute atomic E-state index is 13.7. The van der Waals surface area contributed by atoms with Crippen LogP contribution in [0.2, 0.25) is 0 Å². The van der Waals surface area contributed by atoms with Gasteiger partial charge in [0.15, 0.2) is 11.6 Å². The van der Waals surface area contributed by atoms with E-state index in [4.69, 9.17) is 4.74 Å². The molecule has 0 aliphatic heterocycles. The Morgan fingerprint density at radius 1 is 1.15 bits per heavy atom. The van der Waals surface area contributed by atoms with Crippen LogP contribution in [0.25, 0.3) is 0 Å². The van der Waals surface area contributed by atoms with Gasteiger partial charge in [-0.3, -0.25) is 0 Å². The van der Waals surface area contributed by atoms with Gasteiger partial charge >= 0.3 is 0 Å². The molecule has 0 saturated heterocycles. The smallest absolute Gasteiger partial charge is 0.165 e. The average molecular weight is 278 g/mol. The van der Waals surface area contributed by atoms with Gasteiger partial charge in [-0.05, 0) is 42.3 Å². The molecule has 2 rings (SSSR count). The summed E-state index contributed by atoms with van der Waals surface area (Å²) >= 11 is 0. The lowest BCUT2D eigenvalue weighted by Crippen LogP contribution is -2.24. The minimum atomic E-state index is -1.29. The highest BCUT2D eigenvalue weighted by Crippen LogP contribution is 2.29. The van der Waals surface area contributed by atoms with Crippen molar-refractivity contribution in [2.45, 2.75) is 18.9 Å². The van der Waals surface area contributed by atoms with Gasteiger partial charge in [-0.2, -0.15) is 0 Å². The number of benzene rings is 2. The quantitative estimate of drug-likeness (QED) is 0.928. The van der Waals surface area contributed by atoms with E-state index in [0.29, 0.717) is 11.1 Å². The molecular weight excluding hydrogens is 262 g/mol. The lowest BCUT2D eigenvalue weighted by Gasteiger charge is -2.24. The summed E-state index contributed by atoms with van der Waals surface area (Å²) in [4.78, 5) is 0. The fourth-order valence-electron chi connectivity index (χ4n) is 2.15. The molecule has 1 N–H and O–H groups in total. The Hall–Kier alpha value is -1.94. The first-order chi connectivity index (χ1) is 9.42. The summed E-state index contributed by atoms with van der Waals surface area (Å²) in [6, 6.07) is 10.3. The summed E-state index contributed by atoms with van der Waals surface area (Å²) in [6.07, 6.45) is 0.191. The zero-order valence-electron chi connectivity index (χ0n) is 11.4. The van der Waals surface area contributed by atoms with Crippen molar-refractivity contribution in [2.75, 3.05) is 7.11 Å². The van der Waals surface area contributed by atoms with Gasteiger partial charge in [-0.15, -0.1) is 0 Å². The van der Waals surface area contributed by atoms with E-state index in [0.717, 1.165) is 0 Å². The second-order valence-corrected chi connectivity index (χ2v) is 4.93. The maximum atomic E-state index is 13.7. The molecule has 0 heterocycles. The van der Waals surface area contributed by atoms with Gasteiger partial charge in [-0.25, -0.2) is 8.78 Å². The van der Waals surface area contributed by atoms with E-state index < -0.39 is 11.4 Å². The molecule has 1 unspecified atom stereocenters. The summed E-state index contributed by atoms with van der Waals surface area (Å²) < 4.78 is 31.7. The van der Waals surface area contributed by atoms with Crippen molar-refractivity contribution in [3.63, 3.8) is 0 Å². The molecule has 0 amide bonds. The van der Waals surface area contributed by atoms with Crippen molar-refractivity contribution < 1.29 is 18.6 Å². The SMILES string of the molecule is COc1ccc(C(C)(O)Cc2cccc(F)c2)cc1F. The molecule has 0 bridgehead atoms. The van der Waals surface area contributed by atoms with E-state index in [1.54, 1.807) is 25.1 Å². The van der Waals surface area contributed by atoms with Crippen LogP contribution in [0.3, 0.4) is 0 Å². The number of hydrogen-bond acceptors (Lipinski definition) is 2. The fraction of sp³-hybridized carbons (Fsp3) is 0.250. The van der Waals surface area contributed by atoms with Gasteiger partial charge in [0.25, 0.3) is 0 Å². The van der Waals surface area contributed by atoms with E-state index in [-0.39, 0.29) is 18.0 Å². The maximum Gasteiger partial charge on any atom is 0.165 e. The van der Waals surface area contributed by atoms with Crippen LogP contribution in [0.5, 0.6) is 5.75 Å². The number of methoxy groups -OCH3 is 1. The number of rotatable bonds is 4. The van der Waals surface area contributed by atoms with Gasteiger partial charge in [0, 0.05) is 6.42 Å². The van der Waals surface area contributed by atoms with Crippen LogP contribution in [0.1, 0.15) is 18.1 Å². The highest BCUT2D eigenvalue weighted by atomic mass is 19.1. The Kier molecular flexibility index (Phi) is 4.04. The Morgan fingerprint density at radius 2 is 1.90 bits per heavy atom. The van der Waals surface area contributed by atoms with Gasteiger partial charge in [0.2, 0.25) is 0 Å². The van der Waals surface area contributed by atoms with Crippen molar-refractivity contribution in [2.24, 2.45) is 0 Å². The van der Waals surface area contributed by atoms with Crippen molar-refractivity contribution in [3.8, 4) is 5.75 Å². The molecule has 2 aromatic rings. The van der Waals surface area contributed by atoms with Crippen LogP contribution in [-0.4, -0.2) is 12.2 Å². The van der Waals surface area contributed by atoms with E-state index >= 15 is 0 Å². The van der Waals surface area contributed by atoms with Crippen molar-refractivity contribution in [1.82, 2.24) is 0 Å². The molecule has 4 heteroatoms. The van der Waals surface area contributed by atoms with Crippen molar-refractivity contribution in [1.29, 1.82) is 0 Å². The molecule has 0 aliphatic rings. The summed E-state index contributed by atoms with van der Waals surface area (Å²) in [6.45, 7) is 1.57. The summed E-state index contributed by atoms with van der Waals surface area (Å²) in [5.41, 5.74) is -0.229. The molecule has 20 heavy (non-hydrogen) atoms. The van der Waals surface area contributed by atoms with Crippen molar-refractivity contribution in [3.05, 3.63) is 65.2 Å². The van der Waals surface area contributed by atoms with Crippen LogP contribution < -0.4 is 4.74 Å². The van der Waals surface area contributed by atoms with Crippen LogP contribution in [0.15, 0.2) is 42.5 Å². The minimum absolute atomic E-state index is 0.121. The molecule has 0 saturated carbocycles. The Balaban J connectivity index is 2.28. The van der Waals surface area contributed by atoms with Gasteiger partial charge in [0.05, 0.1) is 12.7 Å². The highest BCUT2D eigenvalue weighted by Gasteiger charge is 2.25. The second kappa shape index (κ2) is 5.59. The van der Waals surface area contributed by atoms with Crippen LogP contribution >= 0.6 is 0 Å². The third kappa shape index (κ3) is 3.14. The summed E-state index contributed by atoms with van der Waals surface area (Å²) in [5.74, 6) is -0.779. The summed E-state index contributed by atoms with van der Waals surface area (Å²) in [5, 5.41) is 10.5. The first-order valence-electron chi connectivity index (χ1n) is 6.23. The lowest BCUT2D eigenvalue weighted by atomic mass is 9.89. The molecule has 0 fully saturated rings. The molecule has 2 aromatic carbocycles. The number of ether oxygens (including phenoxy) is 1. The van der Waals surface area contributed by atoms with Crippen LogP contribution in [0, 0.1) is 11.6 Å². The van der Waals surface area contributed by atoms with E-state index in [1.807, 2.05) is 0 Å². The zero-order chi connectivity index (χ0) is 14.8. The molecule has 2 nitrogen and oxygen atoms in total.